The molecule has 0 aliphatic carbocycles. The molecule has 24 heavy (non-hydrogen) atoms. The van der Waals surface area contributed by atoms with Gasteiger partial charge in [0.15, 0.2) is 0 Å². The summed E-state index contributed by atoms with van der Waals surface area (Å²) in [6.45, 7) is 0. The highest BCUT2D eigenvalue weighted by Gasteiger charge is 2.04. The molecule has 3 aromatic rings. The van der Waals surface area contributed by atoms with E-state index in [-0.39, 0.29) is 5.56 Å². The third-order valence-electron chi connectivity index (χ3n) is 3.18. The van der Waals surface area contributed by atoms with Crippen LogP contribution in [0.2, 0.25) is 5.02 Å². The van der Waals surface area contributed by atoms with Crippen molar-refractivity contribution in [3.63, 3.8) is 0 Å². The smallest absolute Gasteiger partial charge is 0.335 e. The maximum atomic E-state index is 10.8. The van der Waals surface area contributed by atoms with E-state index in [9.17, 15) is 4.79 Å². The van der Waals surface area contributed by atoms with Crippen molar-refractivity contribution in [2.24, 2.45) is 5.10 Å². The van der Waals surface area contributed by atoms with Gasteiger partial charge in [-0.15, -0.1) is 11.3 Å². The maximum Gasteiger partial charge on any atom is 0.335 e. The molecule has 0 atom stereocenters. The van der Waals surface area contributed by atoms with E-state index in [1.807, 2.05) is 29.6 Å². The highest BCUT2D eigenvalue weighted by atomic mass is 35.5. The minimum atomic E-state index is -0.950. The molecule has 1 aromatic heterocycles. The Morgan fingerprint density at radius 2 is 1.88 bits per heavy atom. The Morgan fingerprint density at radius 3 is 2.54 bits per heavy atom. The Kier molecular flexibility index (Phi) is 4.88. The first kappa shape index (κ1) is 16.2. The van der Waals surface area contributed by atoms with Crippen LogP contribution in [0.3, 0.4) is 0 Å². The lowest BCUT2D eigenvalue weighted by molar-refractivity contribution is 0.0697. The van der Waals surface area contributed by atoms with E-state index >= 15 is 0 Å². The van der Waals surface area contributed by atoms with Gasteiger partial charge in [0.2, 0.25) is 5.13 Å². The Balaban J connectivity index is 1.64. The molecule has 0 radical (unpaired) electrons. The van der Waals surface area contributed by atoms with Crippen molar-refractivity contribution < 1.29 is 9.90 Å². The van der Waals surface area contributed by atoms with Gasteiger partial charge >= 0.3 is 5.97 Å². The molecule has 0 saturated carbocycles. The number of carboxylic acids is 1. The number of carboxylic acid groups (broad SMARTS) is 1. The molecular weight excluding hydrogens is 346 g/mol. The van der Waals surface area contributed by atoms with Crippen molar-refractivity contribution in [2.75, 3.05) is 5.43 Å². The van der Waals surface area contributed by atoms with Crippen LogP contribution in [0.25, 0.3) is 11.3 Å². The molecule has 0 aliphatic heterocycles. The number of anilines is 1. The molecule has 5 nitrogen and oxygen atoms in total. The number of nitrogens with zero attached hydrogens (tertiary/aromatic N) is 2. The number of thiazole rings is 1. The van der Waals surface area contributed by atoms with Crippen LogP contribution in [0.5, 0.6) is 0 Å². The average molecular weight is 358 g/mol. The lowest BCUT2D eigenvalue weighted by Crippen LogP contribution is -1.96. The maximum absolute atomic E-state index is 10.8. The van der Waals surface area contributed by atoms with Gasteiger partial charge in [-0.1, -0.05) is 35.9 Å². The minimum Gasteiger partial charge on any atom is -0.478 e. The summed E-state index contributed by atoms with van der Waals surface area (Å²) >= 11 is 7.32. The van der Waals surface area contributed by atoms with Crippen LogP contribution in [-0.4, -0.2) is 22.3 Å². The summed E-state index contributed by atoms with van der Waals surface area (Å²) in [4.78, 5) is 15.2. The third-order valence-corrected chi connectivity index (χ3v) is 4.17. The van der Waals surface area contributed by atoms with Gasteiger partial charge in [0.25, 0.3) is 0 Å². The van der Waals surface area contributed by atoms with Crippen LogP contribution in [0, 0.1) is 0 Å². The molecule has 2 N–H and O–H groups in total. The van der Waals surface area contributed by atoms with Gasteiger partial charge in [-0.25, -0.2) is 9.78 Å². The number of aromatic carboxylic acids is 1. The van der Waals surface area contributed by atoms with Gasteiger partial charge in [-0.2, -0.15) is 5.10 Å². The van der Waals surface area contributed by atoms with Crippen molar-refractivity contribution in [1.29, 1.82) is 0 Å². The number of carbonyl (C=O) groups is 1. The van der Waals surface area contributed by atoms with E-state index in [0.717, 1.165) is 16.8 Å². The van der Waals surface area contributed by atoms with Crippen LogP contribution in [-0.2, 0) is 0 Å². The lowest BCUT2D eigenvalue weighted by Gasteiger charge is -1.97. The molecule has 1 heterocycles. The van der Waals surface area contributed by atoms with Crippen LogP contribution >= 0.6 is 22.9 Å². The fourth-order valence-electron chi connectivity index (χ4n) is 1.95. The van der Waals surface area contributed by atoms with Crippen molar-refractivity contribution in [1.82, 2.24) is 4.98 Å². The number of rotatable bonds is 5. The van der Waals surface area contributed by atoms with Gasteiger partial charge in [-0.3, -0.25) is 5.43 Å². The quantitative estimate of drug-likeness (QED) is 0.516. The van der Waals surface area contributed by atoms with Crippen molar-refractivity contribution in [3.8, 4) is 11.3 Å². The van der Waals surface area contributed by atoms with E-state index in [1.54, 1.807) is 18.3 Å². The Hall–Kier alpha value is -2.70. The fraction of sp³-hybridized carbons (Fsp3) is 0. The monoisotopic (exact) mass is 357 g/mol. The van der Waals surface area contributed by atoms with Crippen LogP contribution in [0.4, 0.5) is 5.13 Å². The van der Waals surface area contributed by atoms with E-state index in [1.165, 1.54) is 23.5 Å². The lowest BCUT2D eigenvalue weighted by atomic mass is 10.1. The molecule has 0 spiro atoms. The van der Waals surface area contributed by atoms with Gasteiger partial charge in [0, 0.05) is 16.0 Å². The standard InChI is InChI=1S/C17H12ClN3O2S/c18-14-7-5-12(6-8-14)15-10-24-17(20-15)21-19-9-11-1-3-13(4-2-11)16(22)23/h1-10H,(H,20,21)(H,22,23)/b19-9-. The third kappa shape index (κ3) is 3.98. The molecule has 0 bridgehead atoms. The molecule has 0 fully saturated rings. The largest absolute Gasteiger partial charge is 0.478 e. The topological polar surface area (TPSA) is 74.6 Å². The summed E-state index contributed by atoms with van der Waals surface area (Å²) in [5.41, 5.74) is 5.73. The van der Waals surface area contributed by atoms with Gasteiger partial charge in [0.05, 0.1) is 17.5 Å². The Labute approximate surface area is 147 Å². The summed E-state index contributed by atoms with van der Waals surface area (Å²) in [6.07, 6.45) is 1.61. The minimum absolute atomic E-state index is 0.243. The molecule has 120 valence electrons. The van der Waals surface area contributed by atoms with Crippen molar-refractivity contribution in [2.45, 2.75) is 0 Å². The fourth-order valence-corrected chi connectivity index (χ4v) is 2.75. The molecule has 0 saturated heterocycles. The summed E-state index contributed by atoms with van der Waals surface area (Å²) < 4.78 is 0. The Bertz CT molecular complexity index is 874. The highest BCUT2D eigenvalue weighted by Crippen LogP contribution is 2.25. The van der Waals surface area contributed by atoms with Gasteiger partial charge < -0.3 is 5.11 Å². The summed E-state index contributed by atoms with van der Waals surface area (Å²) in [7, 11) is 0. The normalized spacial score (nSPS) is 10.9. The van der Waals surface area contributed by atoms with E-state index < -0.39 is 5.97 Å². The first-order valence-corrected chi connectivity index (χ1v) is 8.21. The van der Waals surface area contributed by atoms with Crippen LogP contribution < -0.4 is 5.43 Å². The summed E-state index contributed by atoms with van der Waals surface area (Å²) in [5.74, 6) is -0.950. The number of nitrogens with one attached hydrogen (secondary N) is 1. The first-order valence-electron chi connectivity index (χ1n) is 6.96. The van der Waals surface area contributed by atoms with Crippen LogP contribution in [0.15, 0.2) is 59.0 Å². The second kappa shape index (κ2) is 7.25. The zero-order valence-corrected chi connectivity index (χ0v) is 13.9. The summed E-state index contributed by atoms with van der Waals surface area (Å²) in [5, 5.41) is 16.2. The SMILES string of the molecule is O=C(O)c1ccc(/C=N\Nc2nc(-c3ccc(Cl)cc3)cs2)cc1. The number of hydrazone groups is 1. The molecule has 0 unspecified atom stereocenters. The number of hydrogen-bond donors (Lipinski definition) is 2. The first-order chi connectivity index (χ1) is 11.6. The number of benzene rings is 2. The van der Waals surface area contributed by atoms with Crippen LogP contribution in [0.1, 0.15) is 15.9 Å². The summed E-state index contributed by atoms with van der Waals surface area (Å²) in [6, 6.07) is 13.9. The molecule has 3 rings (SSSR count). The second-order valence-electron chi connectivity index (χ2n) is 4.84. The van der Waals surface area contributed by atoms with Crippen molar-refractivity contribution >= 4 is 40.3 Å². The second-order valence-corrected chi connectivity index (χ2v) is 6.14. The molecule has 0 amide bonds. The Morgan fingerprint density at radius 1 is 1.17 bits per heavy atom. The number of halogens is 1. The van der Waals surface area contributed by atoms with E-state index in [4.69, 9.17) is 16.7 Å². The highest BCUT2D eigenvalue weighted by molar-refractivity contribution is 7.14. The van der Waals surface area contributed by atoms with E-state index in [0.29, 0.717) is 10.2 Å². The predicted octanol–water partition coefficient (Wildman–Crippen LogP) is 4.61. The van der Waals surface area contributed by atoms with Gasteiger partial charge in [-0.05, 0) is 29.8 Å². The van der Waals surface area contributed by atoms with Gasteiger partial charge in [0.1, 0.15) is 0 Å². The molecule has 2 aromatic carbocycles. The molecule has 7 heteroatoms. The zero-order chi connectivity index (χ0) is 16.9. The molecule has 0 aliphatic rings. The van der Waals surface area contributed by atoms with Crippen molar-refractivity contribution in [3.05, 3.63) is 70.1 Å². The zero-order valence-electron chi connectivity index (χ0n) is 12.3. The number of hydrogen-bond acceptors (Lipinski definition) is 5. The predicted molar refractivity (Wildman–Crippen MR) is 97.2 cm³/mol. The number of aromatic nitrogens is 1. The molecular formula is C17H12ClN3O2S. The average Bonchev–Trinajstić information content (AvgIpc) is 3.05. The van der Waals surface area contributed by atoms with E-state index in [2.05, 4.69) is 15.5 Å².